The molecule has 4 rings (SSSR count). The number of nitrogens with one attached hydrogen (secondary N) is 1. The van der Waals surface area contributed by atoms with Crippen LogP contribution in [0.3, 0.4) is 0 Å². The Morgan fingerprint density at radius 1 is 0.919 bits per heavy atom. The summed E-state index contributed by atoms with van der Waals surface area (Å²) in [4.78, 5) is 27.8. The van der Waals surface area contributed by atoms with Crippen LogP contribution in [0.5, 0.6) is 5.75 Å². The highest BCUT2D eigenvalue weighted by Gasteiger charge is 2.35. The molecular formula is C28H31N3O5S. The highest BCUT2D eigenvalue weighted by molar-refractivity contribution is 7.88. The Hall–Kier alpha value is -3.69. The fourth-order valence-electron chi connectivity index (χ4n) is 4.19. The van der Waals surface area contributed by atoms with Gasteiger partial charge < -0.3 is 15.0 Å². The molecule has 0 bridgehead atoms. The van der Waals surface area contributed by atoms with Crippen molar-refractivity contribution in [3.05, 3.63) is 96.1 Å². The van der Waals surface area contributed by atoms with Gasteiger partial charge in [-0.2, -0.15) is 4.31 Å². The van der Waals surface area contributed by atoms with Gasteiger partial charge in [-0.15, -0.1) is 0 Å². The number of hydrogen-bond donors (Lipinski definition) is 1. The summed E-state index contributed by atoms with van der Waals surface area (Å²) in [6.45, 7) is 0.259. The molecule has 1 heterocycles. The monoisotopic (exact) mass is 521 g/mol. The Bertz CT molecular complexity index is 1320. The summed E-state index contributed by atoms with van der Waals surface area (Å²) in [5.41, 5.74) is 2.59. The minimum absolute atomic E-state index is 0.0106. The largest absolute Gasteiger partial charge is 0.477 e. The quantitative estimate of drug-likeness (QED) is 0.443. The summed E-state index contributed by atoms with van der Waals surface area (Å²) in [5, 5.41) is 2.89. The lowest BCUT2D eigenvalue weighted by molar-refractivity contribution is -0.128. The van der Waals surface area contributed by atoms with Gasteiger partial charge in [0.05, 0.1) is 25.0 Å². The topological polar surface area (TPSA) is 96.0 Å². The van der Waals surface area contributed by atoms with Crippen LogP contribution in [0.4, 0.5) is 5.69 Å². The van der Waals surface area contributed by atoms with Crippen LogP contribution in [0.25, 0.3) is 0 Å². The van der Waals surface area contributed by atoms with Crippen LogP contribution < -0.4 is 15.0 Å². The van der Waals surface area contributed by atoms with Crippen molar-refractivity contribution in [3.8, 4) is 5.75 Å². The average Bonchev–Trinajstić information content (AvgIpc) is 2.90. The Morgan fingerprint density at radius 2 is 1.51 bits per heavy atom. The van der Waals surface area contributed by atoms with E-state index in [1.807, 2.05) is 60.7 Å². The van der Waals surface area contributed by atoms with E-state index < -0.39 is 22.0 Å². The first kappa shape index (κ1) is 26.4. The van der Waals surface area contributed by atoms with Gasteiger partial charge in [-0.05, 0) is 36.1 Å². The maximum absolute atomic E-state index is 13.4. The molecule has 1 N–H and O–H groups in total. The number of rotatable bonds is 10. The van der Waals surface area contributed by atoms with Gasteiger partial charge in [0.25, 0.3) is 5.91 Å². The fraction of sp³-hybridized carbons (Fsp3) is 0.286. The number of para-hydroxylation sites is 2. The second-order valence-electron chi connectivity index (χ2n) is 8.94. The zero-order chi connectivity index (χ0) is 26.3. The molecule has 0 aliphatic carbocycles. The lowest BCUT2D eigenvalue weighted by atomic mass is 10.1. The molecule has 8 nitrogen and oxygen atoms in total. The zero-order valence-electron chi connectivity index (χ0n) is 20.7. The maximum atomic E-state index is 13.4. The lowest BCUT2D eigenvalue weighted by Crippen LogP contribution is -2.53. The van der Waals surface area contributed by atoms with Gasteiger partial charge in [0, 0.05) is 13.1 Å². The molecule has 0 spiro atoms. The summed E-state index contributed by atoms with van der Waals surface area (Å²) >= 11 is 0. The highest BCUT2D eigenvalue weighted by atomic mass is 32.2. The molecular weight excluding hydrogens is 490 g/mol. The maximum Gasteiger partial charge on any atom is 0.262 e. The van der Waals surface area contributed by atoms with Gasteiger partial charge in [0.1, 0.15) is 5.75 Å². The van der Waals surface area contributed by atoms with E-state index in [4.69, 9.17) is 4.74 Å². The molecule has 3 aromatic carbocycles. The van der Waals surface area contributed by atoms with Crippen LogP contribution in [-0.2, 0) is 32.5 Å². The predicted octanol–water partition coefficient (Wildman–Crippen LogP) is 2.64. The van der Waals surface area contributed by atoms with Gasteiger partial charge in [-0.25, -0.2) is 8.42 Å². The molecule has 0 saturated carbocycles. The molecule has 3 aromatic rings. The standard InChI is InChI=1S/C28H31N3O5S/c1-37(34,35)30(19-17-23-12-6-3-7-13-23)21-27(32)31-20-26(36-25-15-9-8-14-24(25)31)28(33)29-18-16-22-10-4-2-5-11-22/h2-15,26H,16-21H2,1H3,(H,29,33)/t26-/m0/s1. The van der Waals surface area contributed by atoms with E-state index in [0.29, 0.717) is 30.8 Å². The summed E-state index contributed by atoms with van der Waals surface area (Å²) in [6, 6.07) is 26.3. The molecule has 0 aromatic heterocycles. The van der Waals surface area contributed by atoms with E-state index in [1.165, 1.54) is 9.21 Å². The van der Waals surface area contributed by atoms with Gasteiger partial charge in [0.15, 0.2) is 6.10 Å². The number of ether oxygens (including phenoxy) is 1. The SMILES string of the molecule is CS(=O)(=O)N(CCc1ccccc1)CC(=O)N1C[C@@H](C(=O)NCCc2ccccc2)Oc2ccccc21. The van der Waals surface area contributed by atoms with E-state index >= 15 is 0 Å². The molecule has 0 saturated heterocycles. The predicted molar refractivity (Wildman–Crippen MR) is 143 cm³/mol. The third kappa shape index (κ3) is 7.18. The summed E-state index contributed by atoms with van der Waals surface area (Å²) in [7, 11) is -3.64. The number of carbonyl (C=O) groups is 2. The molecule has 37 heavy (non-hydrogen) atoms. The Kier molecular flexibility index (Phi) is 8.58. The van der Waals surface area contributed by atoms with E-state index in [1.54, 1.807) is 24.3 Å². The van der Waals surface area contributed by atoms with E-state index in [0.717, 1.165) is 17.4 Å². The molecule has 1 aliphatic heterocycles. The minimum Gasteiger partial charge on any atom is -0.477 e. The number of nitrogens with zero attached hydrogens (tertiary/aromatic N) is 2. The summed E-state index contributed by atoms with van der Waals surface area (Å²) in [6.07, 6.45) is 1.34. The summed E-state index contributed by atoms with van der Waals surface area (Å²) in [5.74, 6) is -0.343. The number of hydrogen-bond acceptors (Lipinski definition) is 5. The molecule has 2 amide bonds. The average molecular weight is 522 g/mol. The van der Waals surface area contributed by atoms with Gasteiger partial charge in [0.2, 0.25) is 15.9 Å². The number of sulfonamides is 1. The van der Waals surface area contributed by atoms with E-state index in [9.17, 15) is 18.0 Å². The van der Waals surface area contributed by atoms with Crippen LogP contribution in [-0.4, -0.2) is 63.1 Å². The molecule has 0 radical (unpaired) electrons. The first-order valence-electron chi connectivity index (χ1n) is 12.2. The Morgan fingerprint density at radius 3 is 2.16 bits per heavy atom. The number of anilines is 1. The molecule has 0 unspecified atom stereocenters. The van der Waals surface area contributed by atoms with Crippen LogP contribution in [0.2, 0.25) is 0 Å². The Labute approximate surface area is 217 Å². The van der Waals surface area contributed by atoms with E-state index in [-0.39, 0.29) is 25.5 Å². The normalized spacial score (nSPS) is 15.1. The lowest BCUT2D eigenvalue weighted by Gasteiger charge is -2.35. The zero-order valence-corrected chi connectivity index (χ0v) is 21.6. The highest BCUT2D eigenvalue weighted by Crippen LogP contribution is 2.33. The first-order valence-corrected chi connectivity index (χ1v) is 14.0. The van der Waals surface area contributed by atoms with Crippen LogP contribution in [0.1, 0.15) is 11.1 Å². The molecule has 194 valence electrons. The van der Waals surface area contributed by atoms with Crippen molar-refractivity contribution in [1.29, 1.82) is 0 Å². The molecule has 1 aliphatic rings. The number of carbonyl (C=O) groups excluding carboxylic acids is 2. The van der Waals surface area contributed by atoms with Crippen molar-refractivity contribution < 1.29 is 22.7 Å². The van der Waals surface area contributed by atoms with Crippen molar-refractivity contribution in [2.75, 3.05) is 37.3 Å². The van der Waals surface area contributed by atoms with Gasteiger partial charge >= 0.3 is 0 Å². The van der Waals surface area contributed by atoms with Crippen LogP contribution in [0, 0.1) is 0 Å². The van der Waals surface area contributed by atoms with Crippen molar-refractivity contribution >= 4 is 27.5 Å². The van der Waals surface area contributed by atoms with Crippen LogP contribution in [0.15, 0.2) is 84.9 Å². The van der Waals surface area contributed by atoms with E-state index in [2.05, 4.69) is 5.32 Å². The third-order valence-corrected chi connectivity index (χ3v) is 7.45. The minimum atomic E-state index is -3.64. The number of fused-ring (bicyclic) bond motifs is 1. The number of benzene rings is 3. The van der Waals surface area contributed by atoms with Crippen molar-refractivity contribution in [2.45, 2.75) is 18.9 Å². The fourth-order valence-corrected chi connectivity index (χ4v) is 4.96. The second kappa shape index (κ2) is 12.0. The molecule has 1 atom stereocenters. The smallest absolute Gasteiger partial charge is 0.262 e. The molecule has 9 heteroatoms. The van der Waals surface area contributed by atoms with Crippen molar-refractivity contribution in [2.24, 2.45) is 0 Å². The van der Waals surface area contributed by atoms with Crippen molar-refractivity contribution in [1.82, 2.24) is 9.62 Å². The third-order valence-electron chi connectivity index (χ3n) is 6.20. The second-order valence-corrected chi connectivity index (χ2v) is 10.9. The number of amides is 2. The summed E-state index contributed by atoms with van der Waals surface area (Å²) < 4.78 is 32.1. The van der Waals surface area contributed by atoms with Crippen molar-refractivity contribution in [3.63, 3.8) is 0 Å². The Balaban J connectivity index is 1.44. The van der Waals surface area contributed by atoms with Gasteiger partial charge in [-0.1, -0.05) is 72.8 Å². The van der Waals surface area contributed by atoms with Crippen LogP contribution >= 0.6 is 0 Å². The first-order chi connectivity index (χ1) is 17.8. The molecule has 0 fully saturated rings. The van der Waals surface area contributed by atoms with Gasteiger partial charge in [-0.3, -0.25) is 9.59 Å².